The van der Waals surface area contributed by atoms with Gasteiger partial charge in [0, 0.05) is 31.9 Å². The van der Waals surface area contributed by atoms with Gasteiger partial charge in [0.1, 0.15) is 5.69 Å². The summed E-state index contributed by atoms with van der Waals surface area (Å²) in [5.41, 5.74) is 4.44. The van der Waals surface area contributed by atoms with Crippen LogP contribution in [0.15, 0.2) is 87.2 Å². The molecular formula is C20H19N7O2. The first kappa shape index (κ1) is 19.6. The maximum absolute atomic E-state index is 10.7. The molecule has 3 rings (SSSR count). The zero-order chi connectivity index (χ0) is 20.6. The van der Waals surface area contributed by atoms with Gasteiger partial charge in [-0.3, -0.25) is 10.1 Å². The molecule has 0 heterocycles. The quantitative estimate of drug-likeness (QED) is 0.272. The SMILES string of the molecule is CNc1ccc(N=Nc2ccc(N=Nc3ccc([N+](=O)[O-])cc3)cc2)c(NC)c1. The van der Waals surface area contributed by atoms with Crippen molar-refractivity contribution in [3.63, 3.8) is 0 Å². The number of hydrogen-bond acceptors (Lipinski definition) is 8. The van der Waals surface area contributed by atoms with Crippen molar-refractivity contribution >= 4 is 39.8 Å². The molecule has 0 saturated heterocycles. The molecule has 0 amide bonds. The first-order valence-electron chi connectivity index (χ1n) is 8.76. The molecule has 2 N–H and O–H groups in total. The number of rotatable bonds is 7. The summed E-state index contributed by atoms with van der Waals surface area (Å²) in [5, 5.41) is 33.6. The molecule has 0 bridgehead atoms. The molecule has 0 saturated carbocycles. The Balaban J connectivity index is 1.68. The van der Waals surface area contributed by atoms with Crippen LogP contribution in [0.5, 0.6) is 0 Å². The van der Waals surface area contributed by atoms with Crippen LogP contribution in [0.3, 0.4) is 0 Å². The van der Waals surface area contributed by atoms with Crippen LogP contribution in [0.25, 0.3) is 0 Å². The van der Waals surface area contributed by atoms with E-state index < -0.39 is 4.92 Å². The molecule has 0 atom stereocenters. The summed E-state index contributed by atoms with van der Waals surface area (Å²) in [6.45, 7) is 0. The van der Waals surface area contributed by atoms with Gasteiger partial charge in [-0.2, -0.15) is 15.3 Å². The van der Waals surface area contributed by atoms with E-state index in [2.05, 4.69) is 31.1 Å². The third-order valence-electron chi connectivity index (χ3n) is 4.02. The van der Waals surface area contributed by atoms with Crippen LogP contribution in [0.2, 0.25) is 0 Å². The van der Waals surface area contributed by atoms with Gasteiger partial charge in [0.2, 0.25) is 0 Å². The second kappa shape index (κ2) is 9.18. The first-order chi connectivity index (χ1) is 14.1. The number of non-ortho nitro benzene ring substituents is 1. The standard InChI is InChI=1S/C20H19N7O2/c1-21-17-9-12-19(20(13-17)22-2)26-25-15-5-3-14(4-6-15)23-24-16-7-10-18(11-8-16)27(28)29/h3-13,21-22H,1-2H3. The van der Waals surface area contributed by atoms with Crippen LogP contribution in [-0.2, 0) is 0 Å². The van der Waals surface area contributed by atoms with Gasteiger partial charge in [-0.1, -0.05) is 0 Å². The van der Waals surface area contributed by atoms with Gasteiger partial charge in [0.15, 0.2) is 0 Å². The molecule has 29 heavy (non-hydrogen) atoms. The lowest BCUT2D eigenvalue weighted by molar-refractivity contribution is -0.384. The Morgan fingerprint density at radius 1 is 0.724 bits per heavy atom. The summed E-state index contributed by atoms with van der Waals surface area (Å²) in [7, 11) is 3.69. The van der Waals surface area contributed by atoms with Gasteiger partial charge in [-0.25, -0.2) is 0 Å². The highest BCUT2D eigenvalue weighted by atomic mass is 16.6. The Bertz CT molecular complexity index is 1050. The number of benzene rings is 3. The second-order valence-corrected chi connectivity index (χ2v) is 5.92. The third kappa shape index (κ3) is 5.19. The number of azo groups is 2. The third-order valence-corrected chi connectivity index (χ3v) is 4.02. The Kier molecular flexibility index (Phi) is 6.21. The highest BCUT2D eigenvalue weighted by molar-refractivity contribution is 5.71. The van der Waals surface area contributed by atoms with Crippen molar-refractivity contribution in [2.24, 2.45) is 20.5 Å². The molecule has 0 unspecified atom stereocenters. The smallest absolute Gasteiger partial charge is 0.269 e. The largest absolute Gasteiger partial charge is 0.388 e. The highest BCUT2D eigenvalue weighted by Gasteiger charge is 2.03. The predicted molar refractivity (Wildman–Crippen MR) is 113 cm³/mol. The van der Waals surface area contributed by atoms with Gasteiger partial charge in [0.05, 0.1) is 27.7 Å². The summed E-state index contributed by atoms with van der Waals surface area (Å²) in [6.07, 6.45) is 0. The summed E-state index contributed by atoms with van der Waals surface area (Å²) in [4.78, 5) is 10.2. The first-order valence-corrected chi connectivity index (χ1v) is 8.76. The Morgan fingerprint density at radius 3 is 1.72 bits per heavy atom. The fraction of sp³-hybridized carbons (Fsp3) is 0.100. The van der Waals surface area contributed by atoms with E-state index in [-0.39, 0.29) is 5.69 Å². The molecule has 3 aromatic carbocycles. The molecule has 0 aliphatic rings. The van der Waals surface area contributed by atoms with E-state index in [1.54, 1.807) is 36.4 Å². The molecule has 9 nitrogen and oxygen atoms in total. The van der Waals surface area contributed by atoms with Crippen LogP contribution in [0, 0.1) is 10.1 Å². The molecule has 3 aromatic rings. The van der Waals surface area contributed by atoms with Crippen molar-refractivity contribution in [1.29, 1.82) is 0 Å². The van der Waals surface area contributed by atoms with Gasteiger partial charge >= 0.3 is 0 Å². The fourth-order valence-corrected chi connectivity index (χ4v) is 2.43. The molecule has 0 aliphatic carbocycles. The normalized spacial score (nSPS) is 11.1. The van der Waals surface area contributed by atoms with Crippen LogP contribution in [0.4, 0.5) is 39.8 Å². The lowest BCUT2D eigenvalue weighted by Gasteiger charge is -2.07. The number of nitro benzene ring substituents is 1. The van der Waals surface area contributed by atoms with Crippen molar-refractivity contribution < 1.29 is 4.92 Å². The van der Waals surface area contributed by atoms with Gasteiger partial charge in [-0.15, -0.1) is 5.11 Å². The zero-order valence-corrected chi connectivity index (χ0v) is 15.9. The van der Waals surface area contributed by atoms with E-state index >= 15 is 0 Å². The van der Waals surface area contributed by atoms with Crippen LogP contribution in [-0.4, -0.2) is 19.0 Å². The van der Waals surface area contributed by atoms with Crippen LogP contribution >= 0.6 is 0 Å². The molecule has 0 aliphatic heterocycles. The number of nitrogens with one attached hydrogen (secondary N) is 2. The average Bonchev–Trinajstić information content (AvgIpc) is 2.77. The summed E-state index contributed by atoms with van der Waals surface area (Å²) >= 11 is 0. The lowest BCUT2D eigenvalue weighted by Crippen LogP contribution is -1.92. The van der Waals surface area contributed by atoms with Gasteiger partial charge in [-0.05, 0) is 54.6 Å². The Hall–Kier alpha value is -4.14. The number of nitro groups is 1. The van der Waals surface area contributed by atoms with Crippen molar-refractivity contribution in [2.45, 2.75) is 0 Å². The van der Waals surface area contributed by atoms with Crippen molar-refractivity contribution in [3.05, 3.63) is 76.8 Å². The topological polar surface area (TPSA) is 117 Å². The summed E-state index contributed by atoms with van der Waals surface area (Å²) < 4.78 is 0. The zero-order valence-electron chi connectivity index (χ0n) is 15.9. The van der Waals surface area contributed by atoms with E-state index in [0.29, 0.717) is 17.1 Å². The van der Waals surface area contributed by atoms with E-state index in [1.807, 2.05) is 32.3 Å². The Labute approximate surface area is 167 Å². The number of nitrogens with zero attached hydrogens (tertiary/aromatic N) is 5. The maximum Gasteiger partial charge on any atom is 0.269 e. The molecule has 9 heteroatoms. The monoisotopic (exact) mass is 389 g/mol. The van der Waals surface area contributed by atoms with Gasteiger partial charge in [0.25, 0.3) is 5.69 Å². The minimum Gasteiger partial charge on any atom is -0.388 e. The van der Waals surface area contributed by atoms with Gasteiger partial charge < -0.3 is 10.6 Å². The van der Waals surface area contributed by atoms with E-state index in [9.17, 15) is 10.1 Å². The molecule has 0 aromatic heterocycles. The maximum atomic E-state index is 10.7. The minimum absolute atomic E-state index is 0.0145. The fourth-order valence-electron chi connectivity index (χ4n) is 2.43. The Morgan fingerprint density at radius 2 is 1.24 bits per heavy atom. The van der Waals surface area contributed by atoms with Crippen LogP contribution < -0.4 is 10.6 Å². The number of hydrogen-bond donors (Lipinski definition) is 2. The molecule has 0 radical (unpaired) electrons. The van der Waals surface area contributed by atoms with Crippen molar-refractivity contribution in [3.8, 4) is 0 Å². The average molecular weight is 389 g/mol. The van der Waals surface area contributed by atoms with Crippen LogP contribution in [0.1, 0.15) is 0 Å². The second-order valence-electron chi connectivity index (χ2n) is 5.92. The molecule has 0 spiro atoms. The van der Waals surface area contributed by atoms with E-state index in [0.717, 1.165) is 17.1 Å². The van der Waals surface area contributed by atoms with Crippen molar-refractivity contribution in [2.75, 3.05) is 24.7 Å². The molecular weight excluding hydrogens is 370 g/mol. The highest BCUT2D eigenvalue weighted by Crippen LogP contribution is 2.30. The predicted octanol–water partition coefficient (Wildman–Crippen LogP) is 6.51. The molecule has 146 valence electrons. The minimum atomic E-state index is -0.456. The lowest BCUT2D eigenvalue weighted by atomic mass is 10.2. The van der Waals surface area contributed by atoms with Crippen molar-refractivity contribution in [1.82, 2.24) is 0 Å². The van der Waals surface area contributed by atoms with E-state index in [1.165, 1.54) is 12.1 Å². The van der Waals surface area contributed by atoms with E-state index in [4.69, 9.17) is 0 Å². The summed E-state index contributed by atoms with van der Waals surface area (Å²) in [5.74, 6) is 0. The molecule has 0 fully saturated rings. The summed E-state index contributed by atoms with van der Waals surface area (Å²) in [6, 6.07) is 18.7. The number of anilines is 2.